The number of hydrogen-bond donors (Lipinski definition) is 1. The topological polar surface area (TPSA) is 38.3 Å². The van der Waals surface area contributed by atoms with Gasteiger partial charge in [0.1, 0.15) is 0 Å². The summed E-state index contributed by atoms with van der Waals surface area (Å²) in [6, 6.07) is 19.8. The molecule has 0 bridgehead atoms. The highest BCUT2D eigenvalue weighted by Gasteiger charge is 2.05. The van der Waals surface area contributed by atoms with E-state index in [-0.39, 0.29) is 5.97 Å². The molecule has 0 fully saturated rings. The fourth-order valence-electron chi connectivity index (χ4n) is 1.95. The number of esters is 1. The predicted octanol–water partition coefficient (Wildman–Crippen LogP) is 3.38. The third-order valence-corrected chi connectivity index (χ3v) is 2.96. The molecule has 1 N–H and O–H groups in total. The minimum atomic E-state index is -0.336. The fraction of sp³-hybridized carbons (Fsp3) is 0.167. The SMILES string of the molecule is CCOC(=O)/C=C(/NCc1ccccc1)c1ccccc1. The average molecular weight is 281 g/mol. The summed E-state index contributed by atoms with van der Waals surface area (Å²) < 4.78 is 4.99. The highest BCUT2D eigenvalue weighted by Crippen LogP contribution is 2.12. The summed E-state index contributed by atoms with van der Waals surface area (Å²) in [5.74, 6) is -0.336. The summed E-state index contributed by atoms with van der Waals surface area (Å²) in [7, 11) is 0. The monoisotopic (exact) mass is 281 g/mol. The Morgan fingerprint density at radius 1 is 1.05 bits per heavy atom. The maximum atomic E-state index is 11.7. The molecule has 0 radical (unpaired) electrons. The molecule has 2 aromatic carbocycles. The van der Waals surface area contributed by atoms with E-state index in [1.54, 1.807) is 6.92 Å². The van der Waals surface area contributed by atoms with E-state index in [4.69, 9.17) is 4.74 Å². The normalized spacial score (nSPS) is 11.0. The van der Waals surface area contributed by atoms with Gasteiger partial charge in [0, 0.05) is 18.3 Å². The molecule has 21 heavy (non-hydrogen) atoms. The molecule has 0 atom stereocenters. The van der Waals surface area contributed by atoms with E-state index in [2.05, 4.69) is 5.32 Å². The number of carbonyl (C=O) groups excluding carboxylic acids is 1. The zero-order valence-electron chi connectivity index (χ0n) is 12.1. The largest absolute Gasteiger partial charge is 0.463 e. The van der Waals surface area contributed by atoms with Crippen molar-refractivity contribution in [3.05, 3.63) is 77.9 Å². The van der Waals surface area contributed by atoms with Gasteiger partial charge in [0.25, 0.3) is 0 Å². The van der Waals surface area contributed by atoms with E-state index in [1.807, 2.05) is 60.7 Å². The number of carbonyl (C=O) groups is 1. The summed E-state index contributed by atoms with van der Waals surface area (Å²) in [5, 5.41) is 3.30. The third kappa shape index (κ3) is 4.80. The van der Waals surface area contributed by atoms with E-state index >= 15 is 0 Å². The van der Waals surface area contributed by atoms with Crippen LogP contribution in [0, 0.1) is 0 Å². The van der Waals surface area contributed by atoms with Crippen molar-refractivity contribution in [2.24, 2.45) is 0 Å². The summed E-state index contributed by atoms with van der Waals surface area (Å²) in [6.07, 6.45) is 1.50. The van der Waals surface area contributed by atoms with Crippen LogP contribution >= 0.6 is 0 Å². The van der Waals surface area contributed by atoms with Gasteiger partial charge in [-0.05, 0) is 18.1 Å². The van der Waals surface area contributed by atoms with Gasteiger partial charge in [-0.25, -0.2) is 4.79 Å². The van der Waals surface area contributed by atoms with Crippen molar-refractivity contribution in [1.29, 1.82) is 0 Å². The molecule has 0 spiro atoms. The molecular weight excluding hydrogens is 262 g/mol. The fourth-order valence-corrected chi connectivity index (χ4v) is 1.95. The molecule has 0 saturated carbocycles. The molecule has 2 rings (SSSR count). The molecule has 0 unspecified atom stereocenters. The second-order valence-corrected chi connectivity index (χ2v) is 4.52. The summed E-state index contributed by atoms with van der Waals surface area (Å²) in [6.45, 7) is 2.82. The molecule has 0 heterocycles. The molecule has 2 aromatic rings. The quantitative estimate of drug-likeness (QED) is 0.651. The van der Waals surface area contributed by atoms with Crippen molar-refractivity contribution in [3.8, 4) is 0 Å². The second kappa shape index (κ2) is 7.90. The number of benzene rings is 2. The maximum absolute atomic E-state index is 11.7. The molecule has 0 saturated heterocycles. The first-order valence-corrected chi connectivity index (χ1v) is 7.01. The molecule has 0 aliphatic rings. The van der Waals surface area contributed by atoms with Gasteiger partial charge in [0.2, 0.25) is 0 Å². The molecule has 108 valence electrons. The van der Waals surface area contributed by atoms with Crippen LogP contribution in [0.25, 0.3) is 5.70 Å². The van der Waals surface area contributed by atoms with Crippen LogP contribution < -0.4 is 5.32 Å². The number of rotatable bonds is 6. The van der Waals surface area contributed by atoms with Crippen LogP contribution in [0.15, 0.2) is 66.7 Å². The van der Waals surface area contributed by atoms with Crippen LogP contribution in [0.2, 0.25) is 0 Å². The Morgan fingerprint density at radius 3 is 2.29 bits per heavy atom. The number of ether oxygens (including phenoxy) is 1. The first kappa shape index (κ1) is 14.9. The van der Waals surface area contributed by atoms with Gasteiger partial charge in [-0.15, -0.1) is 0 Å². The summed E-state index contributed by atoms with van der Waals surface area (Å²) in [4.78, 5) is 11.7. The van der Waals surface area contributed by atoms with Gasteiger partial charge in [0.05, 0.1) is 6.61 Å². The van der Waals surface area contributed by atoms with Crippen LogP contribution in [0.3, 0.4) is 0 Å². The molecule has 3 heteroatoms. The summed E-state index contributed by atoms with van der Waals surface area (Å²) in [5.41, 5.74) is 2.88. The zero-order chi connectivity index (χ0) is 14.9. The minimum absolute atomic E-state index is 0.336. The second-order valence-electron chi connectivity index (χ2n) is 4.52. The standard InChI is InChI=1S/C18H19NO2/c1-2-21-18(20)13-17(16-11-7-4-8-12-16)19-14-15-9-5-3-6-10-15/h3-13,19H,2,14H2,1H3/b17-13+. The van der Waals surface area contributed by atoms with Crippen LogP contribution in [-0.4, -0.2) is 12.6 Å². The maximum Gasteiger partial charge on any atom is 0.332 e. The lowest BCUT2D eigenvalue weighted by Crippen LogP contribution is -2.14. The van der Waals surface area contributed by atoms with Gasteiger partial charge in [-0.3, -0.25) is 0 Å². The van der Waals surface area contributed by atoms with E-state index in [9.17, 15) is 4.79 Å². The molecule has 0 aliphatic carbocycles. The lowest BCUT2D eigenvalue weighted by Gasteiger charge is -2.11. The first-order chi connectivity index (χ1) is 10.3. The van der Waals surface area contributed by atoms with Crippen molar-refractivity contribution < 1.29 is 9.53 Å². The van der Waals surface area contributed by atoms with Crippen molar-refractivity contribution in [3.63, 3.8) is 0 Å². The van der Waals surface area contributed by atoms with Gasteiger partial charge in [-0.2, -0.15) is 0 Å². The van der Waals surface area contributed by atoms with Crippen LogP contribution in [0.4, 0.5) is 0 Å². The molecule has 0 aliphatic heterocycles. The number of nitrogens with one attached hydrogen (secondary N) is 1. The van der Waals surface area contributed by atoms with E-state index in [0.717, 1.165) is 16.8 Å². The Labute approximate surface area is 125 Å². The lowest BCUT2D eigenvalue weighted by molar-refractivity contribution is -0.137. The van der Waals surface area contributed by atoms with Crippen LogP contribution in [0.5, 0.6) is 0 Å². The van der Waals surface area contributed by atoms with Crippen molar-refractivity contribution in [1.82, 2.24) is 5.32 Å². The summed E-state index contributed by atoms with van der Waals surface area (Å²) >= 11 is 0. The molecular formula is C18H19NO2. The van der Waals surface area contributed by atoms with E-state index < -0.39 is 0 Å². The van der Waals surface area contributed by atoms with Gasteiger partial charge >= 0.3 is 5.97 Å². The highest BCUT2D eigenvalue weighted by atomic mass is 16.5. The van der Waals surface area contributed by atoms with Crippen molar-refractivity contribution >= 4 is 11.7 Å². The Hall–Kier alpha value is -2.55. The highest BCUT2D eigenvalue weighted by molar-refractivity contribution is 5.90. The predicted molar refractivity (Wildman–Crippen MR) is 84.3 cm³/mol. The molecule has 3 nitrogen and oxygen atoms in total. The Morgan fingerprint density at radius 2 is 1.67 bits per heavy atom. The smallest absolute Gasteiger partial charge is 0.332 e. The minimum Gasteiger partial charge on any atom is -0.463 e. The van der Waals surface area contributed by atoms with Gasteiger partial charge < -0.3 is 10.1 Å². The van der Waals surface area contributed by atoms with Crippen LogP contribution in [0.1, 0.15) is 18.1 Å². The lowest BCUT2D eigenvalue weighted by atomic mass is 10.1. The Balaban J connectivity index is 2.14. The van der Waals surface area contributed by atoms with E-state index in [0.29, 0.717) is 13.2 Å². The molecule has 0 amide bonds. The first-order valence-electron chi connectivity index (χ1n) is 7.01. The van der Waals surface area contributed by atoms with Gasteiger partial charge in [0.15, 0.2) is 0 Å². The van der Waals surface area contributed by atoms with Gasteiger partial charge in [-0.1, -0.05) is 60.7 Å². The third-order valence-electron chi connectivity index (χ3n) is 2.96. The Kier molecular flexibility index (Phi) is 5.59. The van der Waals surface area contributed by atoms with Crippen molar-refractivity contribution in [2.75, 3.05) is 6.61 Å². The molecule has 0 aromatic heterocycles. The zero-order valence-corrected chi connectivity index (χ0v) is 12.1. The Bertz CT molecular complexity index is 591. The average Bonchev–Trinajstić information content (AvgIpc) is 2.53. The van der Waals surface area contributed by atoms with Crippen LogP contribution in [-0.2, 0) is 16.1 Å². The van der Waals surface area contributed by atoms with E-state index in [1.165, 1.54) is 6.08 Å². The number of hydrogen-bond acceptors (Lipinski definition) is 3. The van der Waals surface area contributed by atoms with Crippen molar-refractivity contribution in [2.45, 2.75) is 13.5 Å².